The first kappa shape index (κ1) is 20.0. The summed E-state index contributed by atoms with van der Waals surface area (Å²) in [5.74, 6) is 0.466. The maximum Gasteiger partial charge on any atom is 0.148 e. The van der Waals surface area contributed by atoms with Gasteiger partial charge in [0.2, 0.25) is 0 Å². The fraction of sp³-hybridized carbons (Fsp3) is 0.350. The Labute approximate surface area is 183 Å². The van der Waals surface area contributed by atoms with Crippen LogP contribution in [0.2, 0.25) is 10.0 Å². The van der Waals surface area contributed by atoms with Crippen LogP contribution in [0.4, 0.5) is 5.69 Å². The summed E-state index contributed by atoms with van der Waals surface area (Å²) in [7, 11) is 0. The van der Waals surface area contributed by atoms with Gasteiger partial charge in [-0.2, -0.15) is 0 Å². The van der Waals surface area contributed by atoms with Crippen LogP contribution in [0.5, 0.6) is 0 Å². The molecule has 2 aliphatic heterocycles. The summed E-state index contributed by atoms with van der Waals surface area (Å²) in [5, 5.41) is 15.1. The van der Waals surface area contributed by atoms with Gasteiger partial charge in [0.25, 0.3) is 0 Å². The van der Waals surface area contributed by atoms with Gasteiger partial charge in [0.15, 0.2) is 0 Å². The standard InChI is InChI=1S/C20H22BrCl2N5/c21-15-4-2-1-3-14(15)12-20(26-7-8-27-20)28-19-16(22)9-13(10-17(19)23)11-18-24-5-6-25-18/h1-4,9-10,26-28H,5-8,11-12H2,(H,24,25). The molecule has 28 heavy (non-hydrogen) atoms. The van der Waals surface area contributed by atoms with Crippen LogP contribution in [0.25, 0.3) is 0 Å². The third kappa shape index (κ3) is 4.47. The molecule has 1 fully saturated rings. The molecule has 0 saturated carbocycles. The molecule has 0 aromatic heterocycles. The molecule has 1 saturated heterocycles. The molecule has 0 unspecified atom stereocenters. The third-order valence-electron chi connectivity index (χ3n) is 4.95. The Hall–Kier alpha value is -1.31. The second-order valence-electron chi connectivity index (χ2n) is 7.02. The molecule has 0 radical (unpaired) electrons. The summed E-state index contributed by atoms with van der Waals surface area (Å²) in [6, 6.07) is 12.1. The van der Waals surface area contributed by atoms with Gasteiger partial charge >= 0.3 is 0 Å². The second kappa shape index (κ2) is 8.59. The van der Waals surface area contributed by atoms with Crippen LogP contribution < -0.4 is 21.3 Å². The lowest BCUT2D eigenvalue weighted by atomic mass is 10.1. The van der Waals surface area contributed by atoms with Gasteiger partial charge in [0, 0.05) is 36.9 Å². The zero-order valence-electron chi connectivity index (χ0n) is 15.3. The molecule has 2 aromatic rings. The molecule has 0 spiro atoms. The molecule has 5 nitrogen and oxygen atoms in total. The van der Waals surface area contributed by atoms with Crippen LogP contribution in [0.3, 0.4) is 0 Å². The summed E-state index contributed by atoms with van der Waals surface area (Å²) in [5.41, 5.74) is 2.95. The Morgan fingerprint density at radius 2 is 1.79 bits per heavy atom. The number of hydrogen-bond acceptors (Lipinski definition) is 5. The Kier molecular flexibility index (Phi) is 6.13. The van der Waals surface area contributed by atoms with Crippen molar-refractivity contribution in [2.45, 2.75) is 18.6 Å². The second-order valence-corrected chi connectivity index (χ2v) is 8.69. The summed E-state index contributed by atoms with van der Waals surface area (Å²) < 4.78 is 1.07. The average Bonchev–Trinajstić information content (AvgIpc) is 3.33. The number of nitrogens with zero attached hydrogens (tertiary/aromatic N) is 1. The summed E-state index contributed by atoms with van der Waals surface area (Å²) >= 11 is 16.9. The molecule has 4 rings (SSSR count). The highest BCUT2D eigenvalue weighted by atomic mass is 79.9. The van der Waals surface area contributed by atoms with Crippen LogP contribution in [-0.2, 0) is 12.8 Å². The Balaban J connectivity index is 1.58. The van der Waals surface area contributed by atoms with Crippen molar-refractivity contribution in [2.75, 3.05) is 31.5 Å². The predicted octanol–water partition coefficient (Wildman–Crippen LogP) is 3.80. The normalized spacial score (nSPS) is 18.0. The zero-order valence-corrected chi connectivity index (χ0v) is 18.4. The van der Waals surface area contributed by atoms with E-state index in [1.165, 1.54) is 5.56 Å². The lowest BCUT2D eigenvalue weighted by Crippen LogP contribution is -2.57. The van der Waals surface area contributed by atoms with E-state index in [-0.39, 0.29) is 0 Å². The van der Waals surface area contributed by atoms with Crippen LogP contribution >= 0.6 is 39.1 Å². The molecule has 0 atom stereocenters. The van der Waals surface area contributed by atoms with E-state index < -0.39 is 5.79 Å². The summed E-state index contributed by atoms with van der Waals surface area (Å²) in [4.78, 5) is 4.44. The number of amidine groups is 1. The van der Waals surface area contributed by atoms with Crippen LogP contribution in [0.15, 0.2) is 45.9 Å². The molecule has 2 heterocycles. The number of anilines is 1. The number of benzene rings is 2. The van der Waals surface area contributed by atoms with Gasteiger partial charge in [-0.25, -0.2) is 0 Å². The van der Waals surface area contributed by atoms with E-state index in [1.807, 2.05) is 30.3 Å². The van der Waals surface area contributed by atoms with E-state index >= 15 is 0 Å². The molecular weight excluding hydrogens is 461 g/mol. The highest BCUT2D eigenvalue weighted by Crippen LogP contribution is 2.35. The molecule has 4 N–H and O–H groups in total. The highest BCUT2D eigenvalue weighted by molar-refractivity contribution is 9.10. The fourth-order valence-electron chi connectivity index (χ4n) is 3.62. The molecular formula is C20H22BrCl2N5. The topological polar surface area (TPSA) is 60.5 Å². The first-order chi connectivity index (χ1) is 13.5. The summed E-state index contributed by atoms with van der Waals surface area (Å²) in [6.45, 7) is 3.43. The van der Waals surface area contributed by atoms with Crippen LogP contribution in [0.1, 0.15) is 11.1 Å². The number of hydrogen-bond donors (Lipinski definition) is 4. The van der Waals surface area contributed by atoms with Crippen molar-refractivity contribution >= 4 is 50.7 Å². The molecule has 0 aliphatic carbocycles. The third-order valence-corrected chi connectivity index (χ3v) is 6.32. The lowest BCUT2D eigenvalue weighted by molar-refractivity contribution is 0.382. The number of aliphatic imine (C=N–C) groups is 1. The van der Waals surface area contributed by atoms with E-state index in [9.17, 15) is 0 Å². The van der Waals surface area contributed by atoms with E-state index in [2.05, 4.69) is 48.3 Å². The molecule has 8 heteroatoms. The first-order valence-electron chi connectivity index (χ1n) is 9.31. The van der Waals surface area contributed by atoms with Gasteiger partial charge in [-0.15, -0.1) is 0 Å². The van der Waals surface area contributed by atoms with Crippen molar-refractivity contribution in [2.24, 2.45) is 4.99 Å². The van der Waals surface area contributed by atoms with Crippen molar-refractivity contribution in [3.8, 4) is 0 Å². The van der Waals surface area contributed by atoms with Gasteiger partial charge < -0.3 is 10.6 Å². The minimum Gasteiger partial charge on any atom is -0.372 e. The van der Waals surface area contributed by atoms with Crippen molar-refractivity contribution in [1.29, 1.82) is 0 Å². The van der Waals surface area contributed by atoms with Crippen LogP contribution in [-0.4, -0.2) is 37.8 Å². The molecule has 2 aliphatic rings. The largest absolute Gasteiger partial charge is 0.372 e. The summed E-state index contributed by atoms with van der Waals surface area (Å²) in [6.07, 6.45) is 1.43. The molecule has 2 aromatic carbocycles. The maximum absolute atomic E-state index is 6.62. The first-order valence-corrected chi connectivity index (χ1v) is 10.9. The van der Waals surface area contributed by atoms with Gasteiger partial charge in [0.1, 0.15) is 11.6 Å². The van der Waals surface area contributed by atoms with Gasteiger partial charge in [-0.1, -0.05) is 57.3 Å². The highest BCUT2D eigenvalue weighted by Gasteiger charge is 2.34. The average molecular weight is 483 g/mol. The minimum atomic E-state index is -0.518. The Morgan fingerprint density at radius 1 is 1.07 bits per heavy atom. The van der Waals surface area contributed by atoms with E-state index in [0.29, 0.717) is 16.5 Å². The molecule has 0 bridgehead atoms. The Morgan fingerprint density at radius 3 is 2.43 bits per heavy atom. The molecule has 0 amide bonds. The zero-order chi connectivity index (χ0) is 19.6. The van der Waals surface area contributed by atoms with Gasteiger partial charge in [-0.3, -0.25) is 15.6 Å². The van der Waals surface area contributed by atoms with Crippen molar-refractivity contribution in [1.82, 2.24) is 16.0 Å². The van der Waals surface area contributed by atoms with Crippen molar-refractivity contribution in [3.63, 3.8) is 0 Å². The van der Waals surface area contributed by atoms with E-state index in [0.717, 1.165) is 54.2 Å². The van der Waals surface area contributed by atoms with Crippen LogP contribution in [0, 0.1) is 0 Å². The minimum absolute atomic E-state index is 0.518. The maximum atomic E-state index is 6.62. The van der Waals surface area contributed by atoms with E-state index in [1.54, 1.807) is 0 Å². The lowest BCUT2D eigenvalue weighted by Gasteiger charge is -2.33. The number of nitrogens with one attached hydrogen (secondary N) is 4. The number of rotatable bonds is 6. The Bertz CT molecular complexity index is 873. The predicted molar refractivity (Wildman–Crippen MR) is 121 cm³/mol. The van der Waals surface area contributed by atoms with Gasteiger partial charge in [-0.05, 0) is 29.3 Å². The fourth-order valence-corrected chi connectivity index (χ4v) is 4.67. The van der Waals surface area contributed by atoms with Crippen molar-refractivity contribution in [3.05, 3.63) is 62.0 Å². The van der Waals surface area contributed by atoms with E-state index in [4.69, 9.17) is 23.2 Å². The SMILES string of the molecule is Clc1cc(CC2=NCCN2)cc(Cl)c1NC1(Cc2ccccc2Br)NCCN1. The van der Waals surface area contributed by atoms with Crippen molar-refractivity contribution < 1.29 is 0 Å². The number of halogens is 3. The molecule has 148 valence electrons. The monoisotopic (exact) mass is 481 g/mol. The quantitative estimate of drug-likeness (QED) is 0.505. The van der Waals surface area contributed by atoms with Gasteiger partial charge in [0.05, 0.1) is 22.3 Å². The smallest absolute Gasteiger partial charge is 0.148 e.